The number of hydrogen-bond donors (Lipinski definition) is 0. The standard InChI is InChI=1S/C24H17F6N2O.BrH/c1-15-21(17-7-9-32(10-8-17)14-16-5-3-2-4-6-16)31-22(33-15)18-11-19(23(25,26)27)13-20(12-18)24(28,29)30;/h2-13H,14H2,1H3;1H/q+1;/p-1. The lowest BCUT2D eigenvalue weighted by molar-refractivity contribution is -0.688. The fraction of sp³-hybridized carbons (Fsp3) is 0.167. The molecule has 2 heterocycles. The number of hydrogen-bond acceptors (Lipinski definition) is 2. The van der Waals surface area contributed by atoms with Gasteiger partial charge in [-0.3, -0.25) is 0 Å². The molecule has 3 nitrogen and oxygen atoms in total. The Morgan fingerprint density at radius 1 is 0.794 bits per heavy atom. The minimum absolute atomic E-state index is 0. The SMILES string of the molecule is Cc1oc(-c2cc(C(F)(F)F)cc(C(F)(F)F)c2)nc1-c1cc[n+](Cc2ccccc2)cc1.[Br-]. The van der Waals surface area contributed by atoms with Crippen LogP contribution in [0.5, 0.6) is 0 Å². The summed E-state index contributed by atoms with van der Waals surface area (Å²) in [4.78, 5) is 4.20. The predicted octanol–water partition coefficient (Wildman–Crippen LogP) is 3.69. The summed E-state index contributed by atoms with van der Waals surface area (Å²) in [5.41, 5.74) is -1.20. The van der Waals surface area contributed by atoms with Gasteiger partial charge in [0.1, 0.15) is 11.5 Å². The fourth-order valence-electron chi connectivity index (χ4n) is 3.38. The van der Waals surface area contributed by atoms with E-state index in [9.17, 15) is 26.3 Å². The molecule has 0 spiro atoms. The number of aromatic nitrogens is 2. The number of aryl methyl sites for hydroxylation is 1. The highest BCUT2D eigenvalue weighted by Crippen LogP contribution is 2.39. The molecular formula is C24H17BrF6N2O. The molecule has 0 atom stereocenters. The molecule has 178 valence electrons. The zero-order valence-electron chi connectivity index (χ0n) is 17.6. The third-order valence-corrected chi connectivity index (χ3v) is 5.00. The van der Waals surface area contributed by atoms with Crippen LogP contribution in [0, 0.1) is 6.92 Å². The Morgan fingerprint density at radius 3 is 1.88 bits per heavy atom. The molecule has 0 aliphatic heterocycles. The topological polar surface area (TPSA) is 29.9 Å². The Balaban J connectivity index is 0.00000324. The smallest absolute Gasteiger partial charge is 0.416 e. The van der Waals surface area contributed by atoms with E-state index in [1.807, 2.05) is 47.3 Å². The van der Waals surface area contributed by atoms with Crippen LogP contribution in [-0.2, 0) is 18.9 Å². The zero-order chi connectivity index (χ0) is 23.8. The summed E-state index contributed by atoms with van der Waals surface area (Å²) in [6, 6.07) is 14.5. The number of pyridine rings is 1. The van der Waals surface area contributed by atoms with E-state index >= 15 is 0 Å². The van der Waals surface area contributed by atoms with E-state index in [0.29, 0.717) is 29.9 Å². The van der Waals surface area contributed by atoms with Gasteiger partial charge in [0.25, 0.3) is 0 Å². The van der Waals surface area contributed by atoms with E-state index in [2.05, 4.69) is 4.98 Å². The second-order valence-electron chi connectivity index (χ2n) is 7.46. The van der Waals surface area contributed by atoms with Gasteiger partial charge in [0.15, 0.2) is 18.9 Å². The highest BCUT2D eigenvalue weighted by molar-refractivity contribution is 5.65. The lowest BCUT2D eigenvalue weighted by Gasteiger charge is -2.13. The van der Waals surface area contributed by atoms with Gasteiger partial charge >= 0.3 is 12.4 Å². The van der Waals surface area contributed by atoms with Crippen molar-refractivity contribution in [2.75, 3.05) is 0 Å². The molecule has 4 rings (SSSR count). The molecule has 0 aliphatic rings. The molecule has 2 aromatic heterocycles. The summed E-state index contributed by atoms with van der Waals surface area (Å²) in [6.07, 6.45) is -6.29. The minimum Gasteiger partial charge on any atom is -1.00 e. The molecule has 0 amide bonds. The Kier molecular flexibility index (Phi) is 7.21. The molecule has 34 heavy (non-hydrogen) atoms. The molecule has 0 fully saturated rings. The van der Waals surface area contributed by atoms with Crippen LogP contribution < -0.4 is 21.5 Å². The maximum absolute atomic E-state index is 13.2. The van der Waals surface area contributed by atoms with E-state index in [4.69, 9.17) is 4.42 Å². The van der Waals surface area contributed by atoms with Gasteiger partial charge in [-0.25, -0.2) is 9.55 Å². The maximum Gasteiger partial charge on any atom is 0.416 e. The van der Waals surface area contributed by atoms with Crippen LogP contribution >= 0.6 is 0 Å². The van der Waals surface area contributed by atoms with E-state index in [0.717, 1.165) is 5.56 Å². The van der Waals surface area contributed by atoms with Crippen LogP contribution in [0.15, 0.2) is 77.5 Å². The summed E-state index contributed by atoms with van der Waals surface area (Å²) in [5, 5.41) is 0. The van der Waals surface area contributed by atoms with E-state index in [-0.39, 0.29) is 34.7 Å². The molecule has 4 aromatic rings. The third kappa shape index (κ3) is 5.67. The first kappa shape index (κ1) is 25.5. The average molecular weight is 543 g/mol. The van der Waals surface area contributed by atoms with Gasteiger partial charge in [0.05, 0.1) is 11.1 Å². The number of benzene rings is 2. The first-order valence-electron chi connectivity index (χ1n) is 9.81. The lowest BCUT2D eigenvalue weighted by Crippen LogP contribution is -3.00. The van der Waals surface area contributed by atoms with Crippen molar-refractivity contribution in [3.63, 3.8) is 0 Å². The Morgan fingerprint density at radius 2 is 1.35 bits per heavy atom. The van der Waals surface area contributed by atoms with Gasteiger partial charge in [-0.2, -0.15) is 26.3 Å². The molecule has 0 N–H and O–H groups in total. The molecule has 0 radical (unpaired) electrons. The van der Waals surface area contributed by atoms with Crippen LogP contribution in [0.25, 0.3) is 22.7 Å². The summed E-state index contributed by atoms with van der Waals surface area (Å²) in [6.45, 7) is 2.18. The zero-order valence-corrected chi connectivity index (χ0v) is 19.2. The summed E-state index contributed by atoms with van der Waals surface area (Å²) in [7, 11) is 0. The van der Waals surface area contributed by atoms with Crippen LogP contribution in [0.3, 0.4) is 0 Å². The number of nitrogens with zero attached hydrogens (tertiary/aromatic N) is 2. The number of oxazole rings is 1. The molecular weight excluding hydrogens is 526 g/mol. The van der Waals surface area contributed by atoms with Gasteiger partial charge < -0.3 is 21.4 Å². The summed E-state index contributed by atoms with van der Waals surface area (Å²) >= 11 is 0. The van der Waals surface area contributed by atoms with Crippen LogP contribution in [0.2, 0.25) is 0 Å². The summed E-state index contributed by atoms with van der Waals surface area (Å²) < 4.78 is 86.4. The van der Waals surface area contributed by atoms with Gasteiger partial charge in [-0.1, -0.05) is 30.3 Å². The molecule has 0 bridgehead atoms. The van der Waals surface area contributed by atoms with Crippen LogP contribution in [0.1, 0.15) is 22.5 Å². The molecule has 0 saturated carbocycles. The molecule has 10 heteroatoms. The van der Waals surface area contributed by atoms with Crippen molar-refractivity contribution >= 4 is 0 Å². The van der Waals surface area contributed by atoms with Crippen molar-refractivity contribution in [1.82, 2.24) is 4.98 Å². The van der Waals surface area contributed by atoms with Crippen LogP contribution in [-0.4, -0.2) is 4.98 Å². The lowest BCUT2D eigenvalue weighted by atomic mass is 10.0. The van der Waals surface area contributed by atoms with Gasteiger partial charge in [0, 0.05) is 28.8 Å². The third-order valence-electron chi connectivity index (χ3n) is 5.00. The largest absolute Gasteiger partial charge is 1.00 e. The van der Waals surface area contributed by atoms with Crippen molar-refractivity contribution < 1.29 is 52.3 Å². The van der Waals surface area contributed by atoms with Crippen molar-refractivity contribution in [3.8, 4) is 22.7 Å². The monoisotopic (exact) mass is 542 g/mol. The van der Waals surface area contributed by atoms with Crippen LogP contribution in [0.4, 0.5) is 26.3 Å². The second kappa shape index (κ2) is 9.61. The normalized spacial score (nSPS) is 11.9. The average Bonchev–Trinajstić information content (AvgIpc) is 3.15. The molecule has 0 aliphatic carbocycles. The van der Waals surface area contributed by atoms with E-state index in [1.165, 1.54) is 0 Å². The first-order valence-corrected chi connectivity index (χ1v) is 9.81. The Bertz CT molecular complexity index is 1230. The molecule has 2 aromatic carbocycles. The minimum atomic E-state index is -4.95. The number of alkyl halides is 6. The van der Waals surface area contributed by atoms with E-state index < -0.39 is 29.0 Å². The highest BCUT2D eigenvalue weighted by atomic mass is 79.9. The van der Waals surface area contributed by atoms with E-state index in [1.54, 1.807) is 19.1 Å². The van der Waals surface area contributed by atoms with Gasteiger partial charge in [-0.05, 0) is 25.1 Å². The quantitative estimate of drug-likeness (QED) is 0.291. The van der Waals surface area contributed by atoms with Crippen molar-refractivity contribution in [2.45, 2.75) is 25.8 Å². The van der Waals surface area contributed by atoms with Crippen molar-refractivity contribution in [2.24, 2.45) is 0 Å². The highest BCUT2D eigenvalue weighted by Gasteiger charge is 2.37. The predicted molar refractivity (Wildman–Crippen MR) is 108 cm³/mol. The van der Waals surface area contributed by atoms with Crippen molar-refractivity contribution in [1.29, 1.82) is 0 Å². The van der Waals surface area contributed by atoms with Gasteiger partial charge in [0.2, 0.25) is 5.89 Å². The number of rotatable bonds is 4. The number of halogens is 7. The Hall–Kier alpha value is -3.14. The maximum atomic E-state index is 13.2. The van der Waals surface area contributed by atoms with Crippen molar-refractivity contribution in [3.05, 3.63) is 95.5 Å². The first-order chi connectivity index (χ1) is 15.5. The summed E-state index contributed by atoms with van der Waals surface area (Å²) in [5.74, 6) is -0.0445. The second-order valence-corrected chi connectivity index (χ2v) is 7.46. The van der Waals surface area contributed by atoms with Gasteiger partial charge in [-0.15, -0.1) is 0 Å². The fourth-order valence-corrected chi connectivity index (χ4v) is 3.38. The molecule has 0 unspecified atom stereocenters. The molecule has 0 saturated heterocycles. The Labute approximate surface area is 201 Å².